The molecule has 1 rings (SSSR count). The van der Waals surface area contributed by atoms with Crippen molar-refractivity contribution in [1.29, 1.82) is 0 Å². The molecule has 43 valence electrons. The van der Waals surface area contributed by atoms with Gasteiger partial charge in [0.25, 0.3) is 0 Å². The van der Waals surface area contributed by atoms with Gasteiger partial charge in [0, 0.05) is 12.7 Å². The SMILES string of the molecule is [CH2]CNc1ccc[nH]1. The predicted molar refractivity (Wildman–Crippen MR) is 34.6 cm³/mol. The van der Waals surface area contributed by atoms with Crippen molar-refractivity contribution in [1.82, 2.24) is 4.98 Å². The van der Waals surface area contributed by atoms with Crippen LogP contribution in [0.2, 0.25) is 0 Å². The molecule has 0 unspecified atom stereocenters. The summed E-state index contributed by atoms with van der Waals surface area (Å²) < 4.78 is 0. The topological polar surface area (TPSA) is 27.8 Å². The molecule has 0 spiro atoms. The van der Waals surface area contributed by atoms with Crippen LogP contribution in [0.25, 0.3) is 0 Å². The molecule has 0 fully saturated rings. The lowest BCUT2D eigenvalue weighted by Crippen LogP contribution is -1.95. The first-order valence-corrected chi connectivity index (χ1v) is 2.60. The number of aromatic amines is 1. The van der Waals surface area contributed by atoms with Gasteiger partial charge in [-0.15, -0.1) is 0 Å². The van der Waals surface area contributed by atoms with Gasteiger partial charge in [0.15, 0.2) is 0 Å². The lowest BCUT2D eigenvalue weighted by atomic mass is 10.6. The molecule has 1 radical (unpaired) electrons. The van der Waals surface area contributed by atoms with Gasteiger partial charge in [0.1, 0.15) is 5.82 Å². The zero-order chi connectivity index (χ0) is 5.82. The Morgan fingerprint density at radius 2 is 2.62 bits per heavy atom. The molecule has 0 saturated carbocycles. The Hall–Kier alpha value is -0.920. The van der Waals surface area contributed by atoms with Gasteiger partial charge < -0.3 is 10.3 Å². The summed E-state index contributed by atoms with van der Waals surface area (Å²) in [6, 6.07) is 3.91. The number of aromatic nitrogens is 1. The Morgan fingerprint density at radius 1 is 1.75 bits per heavy atom. The van der Waals surface area contributed by atoms with E-state index in [2.05, 4.69) is 17.2 Å². The average Bonchev–Trinajstić information content (AvgIpc) is 2.19. The second-order valence-electron chi connectivity index (χ2n) is 1.51. The molecular formula is C6H9N2. The van der Waals surface area contributed by atoms with Crippen molar-refractivity contribution in [2.75, 3.05) is 11.9 Å². The molecule has 0 atom stereocenters. The third-order valence-corrected chi connectivity index (χ3v) is 0.913. The van der Waals surface area contributed by atoms with E-state index < -0.39 is 0 Å². The van der Waals surface area contributed by atoms with E-state index in [9.17, 15) is 0 Å². The molecule has 1 aromatic heterocycles. The summed E-state index contributed by atoms with van der Waals surface area (Å²) in [4.78, 5) is 2.99. The molecule has 0 aliphatic heterocycles. The maximum atomic E-state index is 3.63. The molecule has 2 nitrogen and oxygen atoms in total. The van der Waals surface area contributed by atoms with Crippen LogP contribution >= 0.6 is 0 Å². The van der Waals surface area contributed by atoms with Crippen molar-refractivity contribution >= 4 is 5.82 Å². The van der Waals surface area contributed by atoms with E-state index >= 15 is 0 Å². The second kappa shape index (κ2) is 2.40. The lowest BCUT2D eigenvalue weighted by molar-refractivity contribution is 1.27. The number of rotatable bonds is 2. The van der Waals surface area contributed by atoms with E-state index in [0.29, 0.717) is 0 Å². The molecule has 0 saturated heterocycles. The Morgan fingerprint density at radius 3 is 3.12 bits per heavy atom. The van der Waals surface area contributed by atoms with Crippen LogP contribution in [0, 0.1) is 6.92 Å². The van der Waals surface area contributed by atoms with Crippen LogP contribution < -0.4 is 5.32 Å². The summed E-state index contributed by atoms with van der Waals surface area (Å²) in [6.45, 7) is 4.35. The maximum absolute atomic E-state index is 3.63. The van der Waals surface area contributed by atoms with E-state index in [1.165, 1.54) is 0 Å². The summed E-state index contributed by atoms with van der Waals surface area (Å²) in [6.07, 6.45) is 1.87. The van der Waals surface area contributed by atoms with Crippen LogP contribution in [0.3, 0.4) is 0 Å². The van der Waals surface area contributed by atoms with E-state index in [1.54, 1.807) is 0 Å². The van der Waals surface area contributed by atoms with Gasteiger partial charge in [-0.1, -0.05) is 0 Å². The van der Waals surface area contributed by atoms with Crippen LogP contribution in [0.15, 0.2) is 18.3 Å². The molecule has 0 amide bonds. The van der Waals surface area contributed by atoms with Gasteiger partial charge in [-0.25, -0.2) is 0 Å². The molecule has 8 heavy (non-hydrogen) atoms. The highest BCUT2D eigenvalue weighted by atomic mass is 15.0. The van der Waals surface area contributed by atoms with Crippen molar-refractivity contribution in [2.24, 2.45) is 0 Å². The minimum atomic E-state index is 0.723. The molecule has 0 aliphatic carbocycles. The van der Waals surface area contributed by atoms with Gasteiger partial charge in [-0.3, -0.25) is 0 Å². The summed E-state index contributed by atoms with van der Waals surface area (Å²) >= 11 is 0. The Balaban J connectivity index is 2.50. The molecule has 1 aromatic rings. The smallest absolute Gasteiger partial charge is 0.103 e. The first-order valence-electron chi connectivity index (χ1n) is 2.60. The Bertz CT molecular complexity index is 132. The second-order valence-corrected chi connectivity index (χ2v) is 1.51. The van der Waals surface area contributed by atoms with Crippen molar-refractivity contribution in [3.63, 3.8) is 0 Å². The average molecular weight is 109 g/mol. The first kappa shape index (κ1) is 5.22. The minimum Gasteiger partial charge on any atom is -0.372 e. The van der Waals surface area contributed by atoms with Crippen LogP contribution in [0.5, 0.6) is 0 Å². The maximum Gasteiger partial charge on any atom is 0.103 e. The van der Waals surface area contributed by atoms with E-state index in [4.69, 9.17) is 0 Å². The lowest BCUT2D eigenvalue weighted by Gasteiger charge is -1.94. The normalized spacial score (nSPS) is 9.12. The third kappa shape index (κ3) is 1.03. The largest absolute Gasteiger partial charge is 0.372 e. The van der Waals surface area contributed by atoms with E-state index in [1.807, 2.05) is 18.3 Å². The fourth-order valence-corrected chi connectivity index (χ4v) is 0.575. The highest BCUT2D eigenvalue weighted by Crippen LogP contribution is 1.98. The fourth-order valence-electron chi connectivity index (χ4n) is 0.575. The van der Waals surface area contributed by atoms with Crippen molar-refractivity contribution < 1.29 is 0 Å². The molecule has 1 heterocycles. The summed E-state index contributed by atoms with van der Waals surface area (Å²) in [7, 11) is 0. The molecular weight excluding hydrogens is 100 g/mol. The highest BCUT2D eigenvalue weighted by molar-refractivity contribution is 5.33. The zero-order valence-corrected chi connectivity index (χ0v) is 4.65. The predicted octanol–water partition coefficient (Wildman–Crippen LogP) is 1.26. The number of H-pyrrole nitrogens is 1. The van der Waals surface area contributed by atoms with Gasteiger partial charge in [-0.05, 0) is 19.1 Å². The van der Waals surface area contributed by atoms with Gasteiger partial charge in [0.2, 0.25) is 0 Å². The molecule has 2 heteroatoms. The van der Waals surface area contributed by atoms with Crippen LogP contribution in [-0.2, 0) is 0 Å². The highest BCUT2D eigenvalue weighted by Gasteiger charge is 1.82. The van der Waals surface area contributed by atoms with Gasteiger partial charge in [-0.2, -0.15) is 0 Å². The van der Waals surface area contributed by atoms with Crippen LogP contribution in [0.4, 0.5) is 5.82 Å². The van der Waals surface area contributed by atoms with Gasteiger partial charge in [0.05, 0.1) is 0 Å². The Kier molecular flexibility index (Phi) is 1.57. The molecule has 0 aliphatic rings. The van der Waals surface area contributed by atoms with Crippen LogP contribution in [-0.4, -0.2) is 11.5 Å². The third-order valence-electron chi connectivity index (χ3n) is 0.913. The molecule has 0 aromatic carbocycles. The van der Waals surface area contributed by atoms with Crippen molar-refractivity contribution in [2.45, 2.75) is 0 Å². The number of hydrogen-bond donors (Lipinski definition) is 2. The molecule has 2 N–H and O–H groups in total. The summed E-state index contributed by atoms with van der Waals surface area (Å²) in [5.41, 5.74) is 0. The molecule has 0 bridgehead atoms. The van der Waals surface area contributed by atoms with Crippen molar-refractivity contribution in [3.05, 3.63) is 25.3 Å². The minimum absolute atomic E-state index is 0.723. The quantitative estimate of drug-likeness (QED) is 0.588. The number of hydrogen-bond acceptors (Lipinski definition) is 1. The van der Waals surface area contributed by atoms with E-state index in [0.717, 1.165) is 12.4 Å². The monoisotopic (exact) mass is 109 g/mol. The Labute approximate surface area is 48.9 Å². The van der Waals surface area contributed by atoms with Crippen LogP contribution in [0.1, 0.15) is 0 Å². The summed E-state index contributed by atoms with van der Waals surface area (Å²) in [5.74, 6) is 1.03. The van der Waals surface area contributed by atoms with Crippen molar-refractivity contribution in [3.8, 4) is 0 Å². The number of nitrogens with one attached hydrogen (secondary N) is 2. The number of anilines is 1. The summed E-state index contributed by atoms with van der Waals surface area (Å²) in [5, 5.41) is 3.02. The van der Waals surface area contributed by atoms with Gasteiger partial charge >= 0.3 is 0 Å². The first-order chi connectivity index (χ1) is 3.93. The standard InChI is InChI=1S/C6H9N2/c1-2-7-6-4-3-5-8-6/h3-5,7-8H,1-2H2. The van der Waals surface area contributed by atoms with E-state index in [-0.39, 0.29) is 0 Å². The zero-order valence-electron chi connectivity index (χ0n) is 4.65. The fraction of sp³-hybridized carbons (Fsp3) is 0.167.